The smallest absolute Gasteiger partial charge is 0.304 e. The van der Waals surface area contributed by atoms with Gasteiger partial charge in [-0.3, -0.25) is 34.1 Å². The lowest BCUT2D eigenvalue weighted by atomic mass is 9.82. The molecule has 0 radical (unpaired) electrons. The molecule has 2 unspecified atom stereocenters. The van der Waals surface area contributed by atoms with E-state index in [1.54, 1.807) is 48.1 Å². The Morgan fingerprint density at radius 3 is 2.62 bits per heavy atom. The first kappa shape index (κ1) is 34.1. The highest BCUT2D eigenvalue weighted by Gasteiger charge is 2.53. The number of nitro groups is 1. The maximum absolute atomic E-state index is 14.1. The van der Waals surface area contributed by atoms with Gasteiger partial charge in [-0.25, -0.2) is 0 Å². The minimum Gasteiger partial charge on any atom is -0.441 e. The Hall–Kier alpha value is -5.73. The van der Waals surface area contributed by atoms with E-state index >= 15 is 0 Å². The molecular formula is C36H36N6O8. The fourth-order valence-electron chi connectivity index (χ4n) is 6.46. The monoisotopic (exact) mass is 680 g/mol. The summed E-state index contributed by atoms with van der Waals surface area (Å²) < 4.78 is 6.89. The summed E-state index contributed by atoms with van der Waals surface area (Å²) in [6.07, 6.45) is 5.11. The zero-order valence-corrected chi connectivity index (χ0v) is 27.5. The number of nitrogens with zero attached hydrogens (tertiary/aromatic N) is 6. The number of anilines is 2. The van der Waals surface area contributed by atoms with E-state index in [0.717, 1.165) is 5.56 Å². The summed E-state index contributed by atoms with van der Waals surface area (Å²) in [5.41, 5.74) is 0.747. The summed E-state index contributed by atoms with van der Waals surface area (Å²) in [6, 6.07) is 20.4. The molecule has 2 aliphatic heterocycles. The number of non-ortho nitro benzene ring substituents is 1. The normalized spacial score (nSPS) is 19.7. The summed E-state index contributed by atoms with van der Waals surface area (Å²) in [4.78, 5) is 51.9. The topological polar surface area (TPSA) is 181 Å². The van der Waals surface area contributed by atoms with E-state index in [1.165, 1.54) is 34.9 Å². The maximum atomic E-state index is 14.1. The molecule has 14 nitrogen and oxygen atoms in total. The minimum atomic E-state index is -2.10. The summed E-state index contributed by atoms with van der Waals surface area (Å²) in [7, 11) is 0. The molecule has 6 rings (SSSR count). The first-order chi connectivity index (χ1) is 24.0. The van der Waals surface area contributed by atoms with Crippen molar-refractivity contribution in [1.82, 2.24) is 15.0 Å². The SMILES string of the molecule is CC(=O)OC1CC(=O)N1c1cccc(CN2C(=O)[C@](O)([C@H](C)/C=C/CCn3cc(C(CO)c4ccccc4)nn3)c3cc([N+](=O)[O-])ccc32)c1. The van der Waals surface area contributed by atoms with Gasteiger partial charge in [0, 0.05) is 49.0 Å². The Bertz CT molecular complexity index is 1960. The lowest BCUT2D eigenvalue weighted by molar-refractivity contribution is -0.385. The third kappa shape index (κ3) is 6.50. The predicted octanol–water partition coefficient (Wildman–Crippen LogP) is 3.95. The number of rotatable bonds is 13. The molecule has 1 saturated heterocycles. The van der Waals surface area contributed by atoms with Crippen molar-refractivity contribution < 1.29 is 34.3 Å². The van der Waals surface area contributed by atoms with Crippen molar-refractivity contribution in [2.75, 3.05) is 16.4 Å². The molecule has 0 bridgehead atoms. The van der Waals surface area contributed by atoms with Crippen LogP contribution in [0.1, 0.15) is 55.0 Å². The number of fused-ring (bicyclic) bond motifs is 1. The number of hydrogen-bond acceptors (Lipinski definition) is 10. The zero-order chi connectivity index (χ0) is 35.6. The molecule has 258 valence electrons. The van der Waals surface area contributed by atoms with Crippen molar-refractivity contribution in [2.24, 2.45) is 5.92 Å². The van der Waals surface area contributed by atoms with E-state index in [-0.39, 0.29) is 42.6 Å². The largest absolute Gasteiger partial charge is 0.441 e. The van der Waals surface area contributed by atoms with Gasteiger partial charge in [-0.2, -0.15) is 0 Å². The lowest BCUT2D eigenvalue weighted by Crippen LogP contribution is -2.54. The van der Waals surface area contributed by atoms with Crippen molar-refractivity contribution in [3.05, 3.63) is 124 Å². The summed E-state index contributed by atoms with van der Waals surface area (Å²) in [5, 5.41) is 42.2. The van der Waals surface area contributed by atoms with Gasteiger partial charge in [0.15, 0.2) is 11.8 Å². The quantitative estimate of drug-likeness (QED) is 0.0690. The first-order valence-corrected chi connectivity index (χ1v) is 16.1. The third-order valence-corrected chi connectivity index (χ3v) is 9.11. The number of aromatic nitrogens is 3. The summed E-state index contributed by atoms with van der Waals surface area (Å²) >= 11 is 0. The lowest BCUT2D eigenvalue weighted by Gasteiger charge is -2.39. The van der Waals surface area contributed by atoms with Crippen molar-refractivity contribution >= 4 is 34.8 Å². The van der Waals surface area contributed by atoms with Gasteiger partial charge >= 0.3 is 5.97 Å². The number of hydrogen-bond donors (Lipinski definition) is 2. The van der Waals surface area contributed by atoms with E-state index < -0.39 is 34.5 Å². The van der Waals surface area contributed by atoms with Crippen LogP contribution in [0.4, 0.5) is 17.1 Å². The number of carbonyl (C=O) groups is 3. The van der Waals surface area contributed by atoms with Crippen LogP contribution in [-0.4, -0.2) is 60.7 Å². The van der Waals surface area contributed by atoms with Crippen molar-refractivity contribution in [1.29, 1.82) is 0 Å². The van der Waals surface area contributed by atoms with Crippen molar-refractivity contribution in [3.8, 4) is 0 Å². The molecule has 2 amide bonds. The molecule has 2 aliphatic rings. The highest BCUT2D eigenvalue weighted by molar-refractivity contribution is 6.07. The minimum absolute atomic E-state index is 0.00292. The van der Waals surface area contributed by atoms with Crippen LogP contribution in [0.2, 0.25) is 0 Å². The molecule has 0 spiro atoms. The van der Waals surface area contributed by atoms with Gasteiger partial charge in [0.25, 0.3) is 11.6 Å². The fourth-order valence-corrected chi connectivity index (χ4v) is 6.46. The summed E-state index contributed by atoms with van der Waals surface area (Å²) in [5.74, 6) is -2.47. The molecule has 1 aromatic heterocycles. The molecule has 2 N–H and O–H groups in total. The van der Waals surface area contributed by atoms with Crippen LogP contribution in [0.25, 0.3) is 0 Å². The third-order valence-electron chi connectivity index (χ3n) is 9.11. The van der Waals surface area contributed by atoms with Crippen LogP contribution < -0.4 is 9.80 Å². The standard InChI is InChI=1S/C36H36N6O8/c1-23(9-6-7-16-39-21-31(37-38-39)29(22-43)26-11-4-3-5-12-26)36(47)30-18-28(42(48)49)14-15-32(30)40(35(36)46)20-25-10-8-13-27(17-25)41-33(45)19-34(41)50-24(2)44/h3-6,8-15,17-18,21,23,29,34,43,47H,7,16,19-20,22H2,1-2H3/b9-6+/t23-,29?,34?,36+/m1/s1. The van der Waals surface area contributed by atoms with Crippen LogP contribution in [0.3, 0.4) is 0 Å². The van der Waals surface area contributed by atoms with Gasteiger partial charge in [-0.15, -0.1) is 5.10 Å². The Morgan fingerprint density at radius 2 is 1.92 bits per heavy atom. The number of nitro benzene ring substituents is 1. The number of aliphatic hydroxyl groups is 2. The summed E-state index contributed by atoms with van der Waals surface area (Å²) in [6.45, 7) is 3.26. The number of carbonyl (C=O) groups excluding carboxylic acids is 3. The molecular weight excluding hydrogens is 644 g/mol. The molecule has 3 aromatic carbocycles. The number of benzene rings is 3. The number of esters is 1. The second-order valence-corrected chi connectivity index (χ2v) is 12.4. The van der Waals surface area contributed by atoms with Crippen LogP contribution in [0.5, 0.6) is 0 Å². The Kier molecular flexibility index (Phi) is 9.57. The fraction of sp³-hybridized carbons (Fsp3) is 0.306. The molecule has 4 atom stereocenters. The molecule has 0 aliphatic carbocycles. The van der Waals surface area contributed by atoms with E-state index in [2.05, 4.69) is 10.3 Å². The molecule has 50 heavy (non-hydrogen) atoms. The number of aliphatic hydroxyl groups excluding tert-OH is 1. The Balaban J connectivity index is 1.19. The van der Waals surface area contributed by atoms with Gasteiger partial charge in [-0.1, -0.05) is 66.8 Å². The molecule has 3 heterocycles. The average Bonchev–Trinajstić information content (AvgIpc) is 3.64. The first-order valence-electron chi connectivity index (χ1n) is 16.1. The zero-order valence-electron chi connectivity index (χ0n) is 27.5. The van der Waals surface area contributed by atoms with E-state index in [1.807, 2.05) is 36.4 Å². The van der Waals surface area contributed by atoms with Crippen molar-refractivity contribution in [3.63, 3.8) is 0 Å². The van der Waals surface area contributed by atoms with Crippen LogP contribution in [-0.2, 0) is 37.8 Å². The predicted molar refractivity (Wildman–Crippen MR) is 181 cm³/mol. The number of ether oxygens (including phenoxy) is 1. The van der Waals surface area contributed by atoms with Gasteiger partial charge in [0.05, 0.1) is 41.8 Å². The Labute approximate surface area is 287 Å². The highest BCUT2D eigenvalue weighted by Crippen LogP contribution is 2.47. The average molecular weight is 681 g/mol. The molecule has 14 heteroatoms. The second-order valence-electron chi connectivity index (χ2n) is 12.4. The van der Waals surface area contributed by atoms with Crippen LogP contribution in [0.15, 0.2) is 91.1 Å². The number of β-lactam (4-membered cyclic amide) rings is 1. The van der Waals surface area contributed by atoms with E-state index in [9.17, 15) is 34.7 Å². The van der Waals surface area contributed by atoms with Crippen molar-refractivity contribution in [2.45, 2.75) is 57.5 Å². The number of aryl methyl sites for hydroxylation is 1. The second kappa shape index (κ2) is 14.0. The van der Waals surface area contributed by atoms with Gasteiger partial charge < -0.3 is 19.8 Å². The van der Waals surface area contributed by atoms with Gasteiger partial charge in [0.2, 0.25) is 5.91 Å². The van der Waals surface area contributed by atoms with E-state index in [0.29, 0.717) is 35.6 Å². The molecule has 1 fully saturated rings. The van der Waals surface area contributed by atoms with Crippen LogP contribution >= 0.6 is 0 Å². The molecule has 4 aromatic rings. The maximum Gasteiger partial charge on any atom is 0.304 e. The van der Waals surface area contributed by atoms with Gasteiger partial charge in [-0.05, 0) is 35.7 Å². The molecule has 0 saturated carbocycles. The van der Waals surface area contributed by atoms with Gasteiger partial charge in [0.1, 0.15) is 0 Å². The number of allylic oxidation sites excluding steroid dienone is 1. The van der Waals surface area contributed by atoms with E-state index in [4.69, 9.17) is 4.74 Å². The Morgan fingerprint density at radius 1 is 1.14 bits per heavy atom. The van der Waals surface area contributed by atoms with Crippen LogP contribution in [0, 0.1) is 16.0 Å². The highest BCUT2D eigenvalue weighted by atomic mass is 16.6. The number of amides is 2.